The molecule has 108 valence electrons. The molecule has 8 heteroatoms. The van der Waals surface area contributed by atoms with Crippen LogP contribution >= 0.6 is 27.7 Å². The third-order valence-corrected chi connectivity index (χ3v) is 5.76. The van der Waals surface area contributed by atoms with Crippen LogP contribution in [0.2, 0.25) is 0 Å². The highest BCUT2D eigenvalue weighted by atomic mass is 79.9. The van der Waals surface area contributed by atoms with Gasteiger partial charge in [-0.3, -0.25) is 0 Å². The summed E-state index contributed by atoms with van der Waals surface area (Å²) in [6.07, 6.45) is 0.720. The summed E-state index contributed by atoms with van der Waals surface area (Å²) < 4.78 is 27.1. The van der Waals surface area contributed by atoms with Crippen molar-refractivity contribution in [1.29, 1.82) is 0 Å². The first-order valence-corrected chi connectivity index (χ1v) is 9.14. The largest absolute Gasteiger partial charge is 0.399 e. The molecule has 0 aromatic heterocycles. The molecule has 1 aromatic carbocycles. The van der Waals surface area contributed by atoms with Crippen LogP contribution in [0.25, 0.3) is 0 Å². The van der Waals surface area contributed by atoms with Crippen molar-refractivity contribution in [3.05, 3.63) is 22.7 Å². The second-order valence-corrected chi connectivity index (χ2v) is 7.59. The molecule has 19 heavy (non-hydrogen) atoms. The Morgan fingerprint density at radius 1 is 1.37 bits per heavy atom. The smallest absolute Gasteiger partial charge is 0.241 e. The summed E-state index contributed by atoms with van der Waals surface area (Å²) in [6.45, 7) is 0.509. The number of sulfonamides is 1. The van der Waals surface area contributed by atoms with Crippen LogP contribution in [0.15, 0.2) is 27.6 Å². The zero-order valence-corrected chi connectivity index (χ0v) is 13.5. The molecule has 0 saturated carbocycles. The van der Waals surface area contributed by atoms with E-state index in [1.54, 1.807) is 23.9 Å². The van der Waals surface area contributed by atoms with E-state index in [-0.39, 0.29) is 11.5 Å². The van der Waals surface area contributed by atoms with Crippen molar-refractivity contribution in [1.82, 2.24) is 4.72 Å². The van der Waals surface area contributed by atoms with Crippen LogP contribution in [-0.2, 0) is 10.0 Å². The predicted molar refractivity (Wildman–Crippen MR) is 82.8 cm³/mol. The summed E-state index contributed by atoms with van der Waals surface area (Å²) in [5.74, 6) is 1.49. The molecule has 1 rings (SSSR count). The lowest BCUT2D eigenvalue weighted by molar-refractivity contribution is 0.296. The summed E-state index contributed by atoms with van der Waals surface area (Å²) in [7, 11) is -3.55. The summed E-state index contributed by atoms with van der Waals surface area (Å²) in [6, 6.07) is 4.67. The lowest BCUT2D eigenvalue weighted by Crippen LogP contribution is -2.26. The van der Waals surface area contributed by atoms with Gasteiger partial charge in [0.2, 0.25) is 10.0 Å². The Hall–Kier alpha value is -0.280. The molecule has 5 nitrogen and oxygen atoms in total. The average Bonchev–Trinajstić information content (AvgIpc) is 2.36. The number of benzene rings is 1. The van der Waals surface area contributed by atoms with Crippen molar-refractivity contribution in [2.75, 3.05) is 30.4 Å². The molecular weight excluding hydrogens is 352 g/mol. The Bertz CT molecular complexity index is 509. The summed E-state index contributed by atoms with van der Waals surface area (Å²) >= 11 is 4.80. The van der Waals surface area contributed by atoms with Crippen molar-refractivity contribution in [3.63, 3.8) is 0 Å². The molecular formula is C11H17BrN2O3S2. The van der Waals surface area contributed by atoms with E-state index in [0.29, 0.717) is 22.5 Å². The van der Waals surface area contributed by atoms with E-state index < -0.39 is 10.0 Å². The minimum atomic E-state index is -3.55. The topological polar surface area (TPSA) is 92.4 Å². The molecule has 0 radical (unpaired) electrons. The van der Waals surface area contributed by atoms with Crippen molar-refractivity contribution in [3.8, 4) is 0 Å². The Balaban J connectivity index is 2.54. The molecule has 4 N–H and O–H groups in total. The second kappa shape index (κ2) is 8.11. The number of nitrogen functional groups attached to an aromatic ring is 1. The molecule has 0 spiro atoms. The van der Waals surface area contributed by atoms with Crippen LogP contribution in [0.4, 0.5) is 5.69 Å². The third-order valence-electron chi connectivity index (χ3n) is 2.23. The Labute approximate surface area is 126 Å². The molecule has 0 aliphatic heterocycles. The third kappa shape index (κ3) is 5.70. The van der Waals surface area contributed by atoms with Crippen LogP contribution in [0.3, 0.4) is 0 Å². The van der Waals surface area contributed by atoms with Crippen LogP contribution in [0.5, 0.6) is 0 Å². The molecule has 0 amide bonds. The molecule has 0 heterocycles. The maximum absolute atomic E-state index is 12.0. The minimum Gasteiger partial charge on any atom is -0.399 e. The number of nitrogens with one attached hydrogen (secondary N) is 1. The standard InChI is InChI=1S/C11H17BrN2O3S2/c12-10-3-2-9(13)8-11(10)19(16,17)14-4-7-18-6-1-5-15/h2-3,8,14-15H,1,4-7,13H2. The lowest BCUT2D eigenvalue weighted by atomic mass is 10.3. The van der Waals surface area contributed by atoms with Gasteiger partial charge in [-0.15, -0.1) is 0 Å². The van der Waals surface area contributed by atoms with E-state index in [9.17, 15) is 8.42 Å². The first-order valence-electron chi connectivity index (χ1n) is 5.70. The van der Waals surface area contributed by atoms with E-state index in [1.807, 2.05) is 0 Å². The van der Waals surface area contributed by atoms with Gasteiger partial charge in [-0.2, -0.15) is 11.8 Å². The maximum atomic E-state index is 12.0. The first kappa shape index (κ1) is 16.8. The van der Waals surface area contributed by atoms with Gasteiger partial charge in [0.05, 0.1) is 4.90 Å². The molecule has 0 aliphatic carbocycles. The molecule has 0 unspecified atom stereocenters. The van der Waals surface area contributed by atoms with Gasteiger partial charge in [-0.25, -0.2) is 13.1 Å². The fourth-order valence-corrected chi connectivity index (χ4v) is 4.26. The SMILES string of the molecule is Nc1ccc(Br)c(S(=O)(=O)NCCSCCCO)c1. The normalized spacial score (nSPS) is 11.7. The van der Waals surface area contributed by atoms with Gasteiger partial charge < -0.3 is 10.8 Å². The van der Waals surface area contributed by atoms with E-state index in [2.05, 4.69) is 20.7 Å². The average molecular weight is 369 g/mol. The predicted octanol–water partition coefficient (Wildman–Crippen LogP) is 1.43. The lowest BCUT2D eigenvalue weighted by Gasteiger charge is -2.09. The molecule has 0 saturated heterocycles. The van der Waals surface area contributed by atoms with Crippen LogP contribution in [0, 0.1) is 0 Å². The summed E-state index contributed by atoms with van der Waals surface area (Å²) in [4.78, 5) is 0.146. The van der Waals surface area contributed by atoms with Crippen LogP contribution in [-0.4, -0.2) is 38.2 Å². The monoisotopic (exact) mass is 368 g/mol. The molecule has 0 atom stereocenters. The second-order valence-electron chi connectivity index (χ2n) is 3.78. The quantitative estimate of drug-likeness (QED) is 0.476. The number of thioether (sulfide) groups is 1. The zero-order chi connectivity index (χ0) is 14.3. The molecule has 0 fully saturated rings. The fourth-order valence-electron chi connectivity index (χ4n) is 1.32. The highest BCUT2D eigenvalue weighted by Gasteiger charge is 2.17. The summed E-state index contributed by atoms with van der Waals surface area (Å²) in [5, 5.41) is 8.62. The Morgan fingerprint density at radius 3 is 2.79 bits per heavy atom. The van der Waals surface area contributed by atoms with Gasteiger partial charge in [-0.1, -0.05) is 0 Å². The van der Waals surface area contributed by atoms with E-state index in [0.717, 1.165) is 12.2 Å². The highest BCUT2D eigenvalue weighted by Crippen LogP contribution is 2.23. The zero-order valence-electron chi connectivity index (χ0n) is 10.3. The number of aliphatic hydroxyl groups is 1. The van der Waals surface area contributed by atoms with Gasteiger partial charge in [0, 0.05) is 29.1 Å². The highest BCUT2D eigenvalue weighted by molar-refractivity contribution is 9.10. The van der Waals surface area contributed by atoms with E-state index in [4.69, 9.17) is 10.8 Å². The van der Waals surface area contributed by atoms with Crippen molar-refractivity contribution in [2.45, 2.75) is 11.3 Å². The van der Waals surface area contributed by atoms with E-state index in [1.165, 1.54) is 6.07 Å². The number of aliphatic hydroxyl groups excluding tert-OH is 1. The fraction of sp³-hybridized carbons (Fsp3) is 0.455. The van der Waals surface area contributed by atoms with Crippen LogP contribution < -0.4 is 10.5 Å². The van der Waals surface area contributed by atoms with Crippen molar-refractivity contribution >= 4 is 43.4 Å². The number of halogens is 1. The molecule has 0 bridgehead atoms. The minimum absolute atomic E-state index is 0.146. The number of hydrogen-bond donors (Lipinski definition) is 3. The number of rotatable bonds is 8. The van der Waals surface area contributed by atoms with Gasteiger partial charge >= 0.3 is 0 Å². The first-order chi connectivity index (χ1) is 8.97. The summed E-state index contributed by atoms with van der Waals surface area (Å²) in [5.41, 5.74) is 6.00. The van der Waals surface area contributed by atoms with Crippen LogP contribution in [0.1, 0.15) is 6.42 Å². The van der Waals surface area contributed by atoms with Crippen molar-refractivity contribution < 1.29 is 13.5 Å². The van der Waals surface area contributed by atoms with Gasteiger partial charge in [0.25, 0.3) is 0 Å². The number of nitrogens with two attached hydrogens (primary N) is 1. The number of anilines is 1. The molecule has 0 aliphatic rings. The van der Waals surface area contributed by atoms with Gasteiger partial charge in [0.1, 0.15) is 0 Å². The Kier molecular flexibility index (Phi) is 7.16. The Morgan fingerprint density at radius 2 is 2.11 bits per heavy atom. The van der Waals surface area contributed by atoms with Gasteiger partial charge in [-0.05, 0) is 46.3 Å². The van der Waals surface area contributed by atoms with E-state index >= 15 is 0 Å². The molecule has 1 aromatic rings. The number of hydrogen-bond acceptors (Lipinski definition) is 5. The maximum Gasteiger partial charge on any atom is 0.241 e. The van der Waals surface area contributed by atoms with Gasteiger partial charge in [0.15, 0.2) is 0 Å². The van der Waals surface area contributed by atoms with Crippen molar-refractivity contribution in [2.24, 2.45) is 0 Å².